The van der Waals surface area contributed by atoms with E-state index in [0.29, 0.717) is 25.3 Å². The van der Waals surface area contributed by atoms with E-state index in [1.165, 1.54) is 6.26 Å². The van der Waals surface area contributed by atoms with Crippen LogP contribution in [0.4, 0.5) is 5.69 Å². The predicted molar refractivity (Wildman–Crippen MR) is 110 cm³/mol. The van der Waals surface area contributed by atoms with Crippen molar-refractivity contribution in [3.63, 3.8) is 0 Å². The second-order valence-corrected chi connectivity index (χ2v) is 9.32. The number of aliphatic imine (C=N–C) groups is 1. The van der Waals surface area contributed by atoms with Crippen LogP contribution in [-0.4, -0.2) is 51.9 Å². The lowest BCUT2D eigenvalue weighted by atomic mass is 10.1. The number of benzene rings is 1. The molecule has 1 atom stereocenters. The first-order valence-electron chi connectivity index (χ1n) is 9.32. The van der Waals surface area contributed by atoms with Crippen LogP contribution in [0.1, 0.15) is 38.2 Å². The molecule has 1 amide bonds. The largest absolute Gasteiger partial charge is 0.354 e. The van der Waals surface area contributed by atoms with Gasteiger partial charge in [0.25, 0.3) is 0 Å². The van der Waals surface area contributed by atoms with Gasteiger partial charge in [-0.2, -0.15) is 0 Å². The van der Waals surface area contributed by atoms with Gasteiger partial charge in [0.2, 0.25) is 5.91 Å². The number of carbonyl (C=O) groups excluding carboxylic acids is 1. The summed E-state index contributed by atoms with van der Waals surface area (Å²) in [5.74, 6) is 0.973. The van der Waals surface area contributed by atoms with E-state index in [1.807, 2.05) is 36.1 Å². The van der Waals surface area contributed by atoms with Crippen LogP contribution in [-0.2, 0) is 21.2 Å². The molecular formula is C19H30N4O3S. The molecular weight excluding hydrogens is 364 g/mol. The fourth-order valence-electron chi connectivity index (χ4n) is 2.95. The number of carbonyl (C=O) groups is 1. The van der Waals surface area contributed by atoms with Crippen molar-refractivity contribution in [2.75, 3.05) is 30.5 Å². The summed E-state index contributed by atoms with van der Waals surface area (Å²) in [7, 11) is -1.28. The van der Waals surface area contributed by atoms with Crippen LogP contribution in [0.2, 0.25) is 0 Å². The number of guanidine groups is 1. The van der Waals surface area contributed by atoms with Gasteiger partial charge in [-0.15, -0.1) is 0 Å². The Balaban J connectivity index is 1.84. The third kappa shape index (κ3) is 7.21. The molecule has 2 rings (SSSR count). The molecule has 0 aliphatic carbocycles. The highest BCUT2D eigenvalue weighted by Gasteiger charge is 2.19. The number of rotatable bonds is 7. The number of piperidine rings is 1. The molecule has 1 unspecified atom stereocenters. The molecule has 1 aliphatic rings. The Morgan fingerprint density at radius 3 is 2.56 bits per heavy atom. The van der Waals surface area contributed by atoms with Crippen molar-refractivity contribution >= 4 is 27.4 Å². The minimum absolute atomic E-state index is 0.00147. The van der Waals surface area contributed by atoms with Crippen LogP contribution in [0.5, 0.6) is 0 Å². The van der Waals surface area contributed by atoms with Gasteiger partial charge in [0.15, 0.2) is 5.96 Å². The number of hydrogen-bond donors (Lipinski definition) is 2. The van der Waals surface area contributed by atoms with Gasteiger partial charge < -0.3 is 15.5 Å². The highest BCUT2D eigenvalue weighted by Crippen LogP contribution is 2.21. The van der Waals surface area contributed by atoms with E-state index in [4.69, 9.17) is 0 Å². The average Bonchev–Trinajstić information content (AvgIpc) is 2.64. The van der Waals surface area contributed by atoms with Crippen molar-refractivity contribution in [3.05, 3.63) is 29.8 Å². The zero-order valence-corrected chi connectivity index (χ0v) is 17.2. The summed E-state index contributed by atoms with van der Waals surface area (Å²) in [4.78, 5) is 18.0. The Kier molecular flexibility index (Phi) is 7.65. The Hall–Kier alpha value is -2.09. The summed E-state index contributed by atoms with van der Waals surface area (Å²) < 4.78 is 22.5. The molecule has 8 heteroatoms. The van der Waals surface area contributed by atoms with Gasteiger partial charge in [-0.3, -0.25) is 9.79 Å². The molecule has 0 aromatic heterocycles. The summed E-state index contributed by atoms with van der Waals surface area (Å²) in [6.45, 7) is 3.31. The monoisotopic (exact) mass is 394 g/mol. The zero-order chi connectivity index (χ0) is 19.9. The van der Waals surface area contributed by atoms with Gasteiger partial charge in [0.05, 0.1) is 5.75 Å². The first kappa shape index (κ1) is 21.2. The van der Waals surface area contributed by atoms with E-state index < -0.39 is 9.84 Å². The SMILES string of the molecule is CN=C(NCc1ccc(N2CCCCC2=O)cc1)NC(C)CCS(C)(=O)=O. The number of anilines is 1. The fraction of sp³-hybridized carbons (Fsp3) is 0.579. The highest BCUT2D eigenvalue weighted by atomic mass is 32.2. The highest BCUT2D eigenvalue weighted by molar-refractivity contribution is 7.90. The maximum absolute atomic E-state index is 12.0. The first-order chi connectivity index (χ1) is 12.8. The van der Waals surface area contributed by atoms with Crippen LogP contribution in [0.3, 0.4) is 0 Å². The molecule has 27 heavy (non-hydrogen) atoms. The second-order valence-electron chi connectivity index (χ2n) is 7.06. The van der Waals surface area contributed by atoms with Crippen LogP contribution < -0.4 is 15.5 Å². The Morgan fingerprint density at radius 2 is 1.96 bits per heavy atom. The molecule has 1 aromatic rings. The molecule has 0 bridgehead atoms. The number of sulfone groups is 1. The molecule has 7 nitrogen and oxygen atoms in total. The lowest BCUT2D eigenvalue weighted by molar-refractivity contribution is -0.119. The number of nitrogens with zero attached hydrogens (tertiary/aromatic N) is 2. The average molecular weight is 395 g/mol. The summed E-state index contributed by atoms with van der Waals surface area (Å²) in [6.07, 6.45) is 4.43. The standard InChI is InChI=1S/C19H30N4O3S/c1-15(11-13-27(3,25)26)22-19(20-2)21-14-16-7-9-17(10-8-16)23-12-5-4-6-18(23)24/h7-10,15H,4-6,11-14H2,1-3H3,(H2,20,21,22). The smallest absolute Gasteiger partial charge is 0.226 e. The molecule has 1 aromatic carbocycles. The van der Waals surface area contributed by atoms with Gasteiger partial charge in [0.1, 0.15) is 9.84 Å². The lowest BCUT2D eigenvalue weighted by Crippen LogP contribution is -2.42. The maximum atomic E-state index is 12.0. The van der Waals surface area contributed by atoms with Crippen LogP contribution in [0.15, 0.2) is 29.3 Å². The van der Waals surface area contributed by atoms with Crippen LogP contribution in [0, 0.1) is 0 Å². The first-order valence-corrected chi connectivity index (χ1v) is 11.4. The summed E-state index contributed by atoms with van der Waals surface area (Å²) in [5.41, 5.74) is 2.02. The van der Waals surface area contributed by atoms with Crippen molar-refractivity contribution in [2.45, 2.75) is 45.2 Å². The number of amides is 1. The molecule has 1 saturated heterocycles. The van der Waals surface area contributed by atoms with E-state index in [0.717, 1.165) is 30.6 Å². The molecule has 0 radical (unpaired) electrons. The minimum atomic E-state index is -2.96. The van der Waals surface area contributed by atoms with Crippen LogP contribution in [0.25, 0.3) is 0 Å². The molecule has 2 N–H and O–H groups in total. The van der Waals surface area contributed by atoms with Crippen molar-refractivity contribution in [1.82, 2.24) is 10.6 Å². The molecule has 1 aliphatic heterocycles. The van der Waals surface area contributed by atoms with Gasteiger partial charge >= 0.3 is 0 Å². The molecule has 1 fully saturated rings. The maximum Gasteiger partial charge on any atom is 0.226 e. The van der Waals surface area contributed by atoms with E-state index in [1.54, 1.807) is 7.05 Å². The summed E-state index contributed by atoms with van der Waals surface area (Å²) in [6, 6.07) is 7.96. The fourth-order valence-corrected chi connectivity index (χ4v) is 3.73. The quantitative estimate of drug-likeness (QED) is 0.542. The Labute approximate surface area is 162 Å². The molecule has 150 valence electrons. The number of nitrogens with one attached hydrogen (secondary N) is 2. The minimum Gasteiger partial charge on any atom is -0.354 e. The Morgan fingerprint density at radius 1 is 1.26 bits per heavy atom. The third-order valence-corrected chi connectivity index (χ3v) is 5.54. The van der Waals surface area contributed by atoms with Gasteiger partial charge in [-0.25, -0.2) is 8.42 Å². The molecule has 0 spiro atoms. The van der Waals surface area contributed by atoms with E-state index in [-0.39, 0.29) is 17.7 Å². The summed E-state index contributed by atoms with van der Waals surface area (Å²) in [5, 5.41) is 6.43. The van der Waals surface area contributed by atoms with Crippen molar-refractivity contribution in [1.29, 1.82) is 0 Å². The molecule has 1 heterocycles. The lowest BCUT2D eigenvalue weighted by Gasteiger charge is -2.27. The zero-order valence-electron chi connectivity index (χ0n) is 16.4. The van der Waals surface area contributed by atoms with Crippen molar-refractivity contribution < 1.29 is 13.2 Å². The molecule has 0 saturated carbocycles. The Bertz CT molecular complexity index is 760. The third-order valence-electron chi connectivity index (χ3n) is 4.56. The van der Waals surface area contributed by atoms with E-state index in [9.17, 15) is 13.2 Å². The topological polar surface area (TPSA) is 90.9 Å². The van der Waals surface area contributed by atoms with Crippen LogP contribution >= 0.6 is 0 Å². The van der Waals surface area contributed by atoms with Crippen molar-refractivity contribution in [3.8, 4) is 0 Å². The predicted octanol–water partition coefficient (Wildman–Crippen LogP) is 1.69. The van der Waals surface area contributed by atoms with Crippen molar-refractivity contribution in [2.24, 2.45) is 4.99 Å². The number of hydrogen-bond acceptors (Lipinski definition) is 4. The summed E-state index contributed by atoms with van der Waals surface area (Å²) >= 11 is 0. The van der Waals surface area contributed by atoms with E-state index >= 15 is 0 Å². The van der Waals surface area contributed by atoms with E-state index in [2.05, 4.69) is 15.6 Å². The van der Waals surface area contributed by atoms with Gasteiger partial charge in [-0.1, -0.05) is 12.1 Å². The normalized spacial score (nSPS) is 16.9. The van der Waals surface area contributed by atoms with Gasteiger partial charge in [-0.05, 0) is 43.9 Å². The van der Waals surface area contributed by atoms with Gasteiger partial charge in [0, 0.05) is 44.5 Å². The second kappa shape index (κ2) is 9.73.